The first-order valence-electron chi connectivity index (χ1n) is 7.06. The SMILES string of the molecule is COc1ccc(C(Cl)CN2CCN(CCO)CC2)cc1. The van der Waals surface area contributed by atoms with Crippen molar-refractivity contribution in [1.29, 1.82) is 0 Å². The van der Waals surface area contributed by atoms with Gasteiger partial charge in [0.25, 0.3) is 0 Å². The van der Waals surface area contributed by atoms with Crippen molar-refractivity contribution in [2.24, 2.45) is 0 Å². The van der Waals surface area contributed by atoms with Gasteiger partial charge in [0.1, 0.15) is 5.75 Å². The maximum absolute atomic E-state index is 8.93. The van der Waals surface area contributed by atoms with E-state index < -0.39 is 0 Å². The predicted octanol–water partition coefficient (Wildman–Crippen LogP) is 1.58. The monoisotopic (exact) mass is 298 g/mol. The number of alkyl halides is 1. The Morgan fingerprint density at radius 1 is 1.15 bits per heavy atom. The number of nitrogens with zero attached hydrogens (tertiary/aromatic N) is 2. The standard InChI is InChI=1S/C15H23ClN2O2/c1-20-14-4-2-13(3-5-14)15(16)12-18-8-6-17(7-9-18)10-11-19/h2-5,15,19H,6-12H2,1H3. The molecule has 112 valence electrons. The Hall–Kier alpha value is -0.810. The first-order chi connectivity index (χ1) is 9.72. The van der Waals surface area contributed by atoms with Crippen LogP contribution >= 0.6 is 11.6 Å². The number of aliphatic hydroxyl groups excluding tert-OH is 1. The highest BCUT2D eigenvalue weighted by atomic mass is 35.5. The van der Waals surface area contributed by atoms with E-state index in [1.54, 1.807) is 7.11 Å². The maximum Gasteiger partial charge on any atom is 0.118 e. The van der Waals surface area contributed by atoms with Crippen LogP contribution in [0.5, 0.6) is 5.75 Å². The second-order valence-electron chi connectivity index (χ2n) is 5.11. The lowest BCUT2D eigenvalue weighted by atomic mass is 10.1. The number of ether oxygens (including phenoxy) is 1. The van der Waals surface area contributed by atoms with Gasteiger partial charge in [0.2, 0.25) is 0 Å². The van der Waals surface area contributed by atoms with Gasteiger partial charge in [-0.25, -0.2) is 0 Å². The number of hydrogen-bond donors (Lipinski definition) is 1. The van der Waals surface area contributed by atoms with E-state index in [0.29, 0.717) is 0 Å². The second kappa shape index (κ2) is 7.84. The number of piperazine rings is 1. The number of β-amino-alcohol motifs (C(OH)–C–C–N with tert-alkyl or cyclic N) is 1. The maximum atomic E-state index is 8.93. The fourth-order valence-corrected chi connectivity index (χ4v) is 2.82. The highest BCUT2D eigenvalue weighted by Gasteiger charge is 2.19. The summed E-state index contributed by atoms with van der Waals surface area (Å²) in [5.74, 6) is 0.857. The zero-order valence-electron chi connectivity index (χ0n) is 12.0. The average Bonchev–Trinajstić information content (AvgIpc) is 2.49. The van der Waals surface area contributed by atoms with E-state index in [9.17, 15) is 0 Å². The van der Waals surface area contributed by atoms with Crippen LogP contribution in [0.4, 0.5) is 0 Å². The summed E-state index contributed by atoms with van der Waals surface area (Å²) >= 11 is 6.50. The van der Waals surface area contributed by atoms with Gasteiger partial charge in [0.15, 0.2) is 0 Å². The lowest BCUT2D eigenvalue weighted by molar-refractivity contribution is 0.112. The lowest BCUT2D eigenvalue weighted by Gasteiger charge is -2.35. The molecule has 20 heavy (non-hydrogen) atoms. The van der Waals surface area contributed by atoms with E-state index in [2.05, 4.69) is 9.80 Å². The average molecular weight is 299 g/mol. The molecular weight excluding hydrogens is 276 g/mol. The molecule has 1 fully saturated rings. The molecular formula is C15H23ClN2O2. The van der Waals surface area contributed by atoms with E-state index >= 15 is 0 Å². The molecule has 0 amide bonds. The van der Waals surface area contributed by atoms with E-state index in [1.807, 2.05) is 24.3 Å². The third kappa shape index (κ3) is 4.35. The minimum Gasteiger partial charge on any atom is -0.497 e. The molecule has 0 radical (unpaired) electrons. The molecule has 0 bridgehead atoms. The van der Waals surface area contributed by atoms with Crippen molar-refractivity contribution in [3.8, 4) is 5.75 Å². The van der Waals surface area contributed by atoms with Gasteiger partial charge in [0.05, 0.1) is 19.1 Å². The largest absolute Gasteiger partial charge is 0.497 e. The normalized spacial score (nSPS) is 18.9. The highest BCUT2D eigenvalue weighted by molar-refractivity contribution is 6.21. The number of aliphatic hydroxyl groups is 1. The van der Waals surface area contributed by atoms with Crippen molar-refractivity contribution < 1.29 is 9.84 Å². The number of methoxy groups -OCH3 is 1. The zero-order valence-corrected chi connectivity index (χ0v) is 12.7. The van der Waals surface area contributed by atoms with Gasteiger partial charge >= 0.3 is 0 Å². The molecule has 5 heteroatoms. The van der Waals surface area contributed by atoms with Crippen LogP contribution in [0, 0.1) is 0 Å². The molecule has 1 unspecified atom stereocenters. The molecule has 1 atom stereocenters. The molecule has 0 saturated carbocycles. The summed E-state index contributed by atoms with van der Waals surface area (Å²) in [6.45, 7) is 5.92. The molecule has 1 saturated heterocycles. The number of hydrogen-bond acceptors (Lipinski definition) is 4. The van der Waals surface area contributed by atoms with Crippen molar-refractivity contribution in [1.82, 2.24) is 9.80 Å². The third-order valence-corrected chi connectivity index (χ3v) is 4.17. The Balaban J connectivity index is 1.81. The minimum atomic E-state index is 0.00491. The van der Waals surface area contributed by atoms with Gasteiger partial charge in [0, 0.05) is 39.3 Å². The summed E-state index contributed by atoms with van der Waals surface area (Å²) < 4.78 is 5.15. The van der Waals surface area contributed by atoms with Crippen LogP contribution in [0.15, 0.2) is 24.3 Å². The van der Waals surface area contributed by atoms with E-state index in [0.717, 1.165) is 50.6 Å². The predicted molar refractivity (Wildman–Crippen MR) is 81.6 cm³/mol. The van der Waals surface area contributed by atoms with Gasteiger partial charge in [-0.1, -0.05) is 12.1 Å². The van der Waals surface area contributed by atoms with Crippen LogP contribution < -0.4 is 4.74 Å². The molecule has 1 aromatic carbocycles. The van der Waals surface area contributed by atoms with Crippen molar-refractivity contribution in [2.75, 3.05) is 53.0 Å². The molecule has 1 N–H and O–H groups in total. The Bertz CT molecular complexity index is 391. The van der Waals surface area contributed by atoms with Crippen molar-refractivity contribution in [3.05, 3.63) is 29.8 Å². The summed E-state index contributed by atoms with van der Waals surface area (Å²) in [5, 5.41) is 8.94. The Morgan fingerprint density at radius 3 is 2.30 bits per heavy atom. The van der Waals surface area contributed by atoms with Crippen molar-refractivity contribution in [2.45, 2.75) is 5.38 Å². The van der Waals surface area contributed by atoms with Gasteiger partial charge in [-0.2, -0.15) is 0 Å². The molecule has 0 aliphatic carbocycles. The van der Waals surface area contributed by atoms with E-state index in [4.69, 9.17) is 21.4 Å². The number of benzene rings is 1. The molecule has 1 aliphatic heterocycles. The van der Waals surface area contributed by atoms with Crippen LogP contribution in [-0.2, 0) is 0 Å². The summed E-state index contributed by atoms with van der Waals surface area (Å²) in [4.78, 5) is 4.67. The molecule has 1 aromatic rings. The fourth-order valence-electron chi connectivity index (χ4n) is 2.48. The molecule has 0 aromatic heterocycles. The zero-order chi connectivity index (χ0) is 14.4. The summed E-state index contributed by atoms with van der Waals surface area (Å²) in [7, 11) is 1.67. The Labute approximate surface area is 125 Å². The van der Waals surface area contributed by atoms with Crippen LogP contribution in [0.25, 0.3) is 0 Å². The molecule has 4 nitrogen and oxygen atoms in total. The molecule has 1 aliphatic rings. The van der Waals surface area contributed by atoms with Crippen LogP contribution in [0.1, 0.15) is 10.9 Å². The van der Waals surface area contributed by atoms with Crippen LogP contribution in [0.3, 0.4) is 0 Å². The summed E-state index contributed by atoms with van der Waals surface area (Å²) in [5.41, 5.74) is 1.13. The Morgan fingerprint density at radius 2 is 1.75 bits per heavy atom. The van der Waals surface area contributed by atoms with E-state index in [-0.39, 0.29) is 12.0 Å². The first-order valence-corrected chi connectivity index (χ1v) is 7.50. The topological polar surface area (TPSA) is 35.9 Å². The van der Waals surface area contributed by atoms with Crippen LogP contribution in [0.2, 0.25) is 0 Å². The van der Waals surface area contributed by atoms with Gasteiger partial charge in [-0.15, -0.1) is 11.6 Å². The molecule has 2 rings (SSSR count). The molecule has 0 spiro atoms. The quantitative estimate of drug-likeness (QED) is 0.809. The fraction of sp³-hybridized carbons (Fsp3) is 0.600. The van der Waals surface area contributed by atoms with Crippen molar-refractivity contribution in [3.63, 3.8) is 0 Å². The summed E-state index contributed by atoms with van der Waals surface area (Å²) in [6.07, 6.45) is 0. The number of rotatable bonds is 6. The molecule has 1 heterocycles. The van der Waals surface area contributed by atoms with Crippen LogP contribution in [-0.4, -0.2) is 67.9 Å². The summed E-state index contributed by atoms with van der Waals surface area (Å²) in [6, 6.07) is 7.95. The third-order valence-electron chi connectivity index (χ3n) is 3.78. The number of halogens is 1. The van der Waals surface area contributed by atoms with Gasteiger partial charge in [-0.05, 0) is 17.7 Å². The van der Waals surface area contributed by atoms with Crippen molar-refractivity contribution >= 4 is 11.6 Å². The van der Waals surface area contributed by atoms with E-state index in [1.165, 1.54) is 0 Å². The van der Waals surface area contributed by atoms with Gasteiger partial charge in [-0.3, -0.25) is 9.80 Å². The highest BCUT2D eigenvalue weighted by Crippen LogP contribution is 2.24. The lowest BCUT2D eigenvalue weighted by Crippen LogP contribution is -2.47. The van der Waals surface area contributed by atoms with Gasteiger partial charge < -0.3 is 9.84 Å². The Kier molecular flexibility index (Phi) is 6.10. The second-order valence-corrected chi connectivity index (χ2v) is 5.63. The first kappa shape index (κ1) is 15.6. The smallest absolute Gasteiger partial charge is 0.118 e. The minimum absolute atomic E-state index is 0.00491.